The molecule has 1 heterocycles. The van der Waals surface area contributed by atoms with Crippen molar-refractivity contribution in [1.29, 1.82) is 0 Å². The molecule has 2 amide bonds. The molecular weight excluding hydrogens is 172 g/mol. The molecule has 5 heteroatoms. The van der Waals surface area contributed by atoms with Crippen LogP contribution in [0.1, 0.15) is 13.3 Å². The molecule has 0 radical (unpaired) electrons. The van der Waals surface area contributed by atoms with Gasteiger partial charge in [-0.1, -0.05) is 0 Å². The molecule has 0 saturated carbocycles. The summed E-state index contributed by atoms with van der Waals surface area (Å²) < 4.78 is 0. The number of rotatable bonds is 3. The first-order valence-electron chi connectivity index (χ1n) is 4.29. The van der Waals surface area contributed by atoms with Gasteiger partial charge in [-0.25, -0.2) is 4.79 Å². The zero-order valence-electron chi connectivity index (χ0n) is 7.86. The number of carboxylic acid groups (broad SMARTS) is 1. The molecule has 5 nitrogen and oxygen atoms in total. The van der Waals surface area contributed by atoms with Crippen LogP contribution in [0.15, 0.2) is 0 Å². The first-order chi connectivity index (χ1) is 6.06. The average Bonchev–Trinajstić information content (AvgIpc) is 2.27. The van der Waals surface area contributed by atoms with Crippen LogP contribution >= 0.6 is 0 Å². The van der Waals surface area contributed by atoms with Crippen LogP contribution in [0.3, 0.4) is 0 Å². The molecular formula is C8H14N2O3. The summed E-state index contributed by atoms with van der Waals surface area (Å²) in [6, 6.07) is -0.242. The second-order valence-electron chi connectivity index (χ2n) is 3.20. The summed E-state index contributed by atoms with van der Waals surface area (Å²) >= 11 is 0. The molecule has 1 aliphatic heterocycles. The van der Waals surface area contributed by atoms with E-state index in [0.717, 1.165) is 0 Å². The van der Waals surface area contributed by atoms with Crippen LogP contribution < -0.4 is 0 Å². The van der Waals surface area contributed by atoms with Gasteiger partial charge in [-0.3, -0.25) is 4.79 Å². The third-order valence-corrected chi connectivity index (χ3v) is 2.25. The number of nitrogens with zero attached hydrogens (tertiary/aromatic N) is 2. The summed E-state index contributed by atoms with van der Waals surface area (Å²) in [7, 11) is 1.69. The van der Waals surface area contributed by atoms with Crippen molar-refractivity contribution in [3.8, 4) is 0 Å². The van der Waals surface area contributed by atoms with Crippen LogP contribution in [-0.2, 0) is 4.79 Å². The molecule has 0 bridgehead atoms. The molecule has 1 fully saturated rings. The molecule has 1 saturated heterocycles. The number of carboxylic acids is 1. The number of hydrogen-bond acceptors (Lipinski definition) is 2. The van der Waals surface area contributed by atoms with E-state index in [0.29, 0.717) is 13.1 Å². The van der Waals surface area contributed by atoms with Crippen molar-refractivity contribution in [2.24, 2.45) is 0 Å². The van der Waals surface area contributed by atoms with Crippen LogP contribution in [0.25, 0.3) is 0 Å². The fraction of sp³-hybridized carbons (Fsp3) is 0.750. The number of carbonyl (C=O) groups is 2. The normalized spacial score (nSPS) is 22.6. The maximum atomic E-state index is 11.4. The third-order valence-electron chi connectivity index (χ3n) is 2.25. The van der Waals surface area contributed by atoms with Gasteiger partial charge < -0.3 is 14.9 Å². The number of urea groups is 1. The lowest BCUT2D eigenvalue weighted by molar-refractivity contribution is -0.137. The summed E-state index contributed by atoms with van der Waals surface area (Å²) in [5, 5.41) is 8.60. The lowest BCUT2D eigenvalue weighted by Crippen LogP contribution is -2.35. The first kappa shape index (κ1) is 9.83. The maximum absolute atomic E-state index is 11.4. The molecule has 1 unspecified atom stereocenters. The quantitative estimate of drug-likeness (QED) is 0.685. The van der Waals surface area contributed by atoms with E-state index in [2.05, 4.69) is 0 Å². The number of hydrogen-bond donors (Lipinski definition) is 1. The van der Waals surface area contributed by atoms with E-state index in [-0.39, 0.29) is 18.5 Å². The summed E-state index contributed by atoms with van der Waals surface area (Å²) in [4.78, 5) is 25.0. The van der Waals surface area contributed by atoms with Gasteiger partial charge in [-0.2, -0.15) is 0 Å². The Balaban J connectivity index is 2.65. The van der Waals surface area contributed by atoms with Gasteiger partial charge in [0, 0.05) is 20.1 Å². The highest BCUT2D eigenvalue weighted by Crippen LogP contribution is 2.16. The van der Waals surface area contributed by atoms with Gasteiger partial charge in [0.2, 0.25) is 0 Å². The third kappa shape index (κ3) is 1.91. The SMILES string of the molecule is CCN1C(=O)N(C)CC1CC(=O)O. The van der Waals surface area contributed by atoms with Gasteiger partial charge in [0.1, 0.15) is 0 Å². The highest BCUT2D eigenvalue weighted by molar-refractivity contribution is 5.78. The zero-order valence-corrected chi connectivity index (χ0v) is 7.86. The van der Waals surface area contributed by atoms with Crippen molar-refractivity contribution in [2.75, 3.05) is 20.1 Å². The van der Waals surface area contributed by atoms with E-state index >= 15 is 0 Å². The molecule has 0 aromatic heterocycles. The lowest BCUT2D eigenvalue weighted by Gasteiger charge is -2.19. The Morgan fingerprint density at radius 2 is 2.31 bits per heavy atom. The minimum Gasteiger partial charge on any atom is -0.481 e. The average molecular weight is 186 g/mol. The predicted molar refractivity (Wildman–Crippen MR) is 46.4 cm³/mol. The summed E-state index contributed by atoms with van der Waals surface area (Å²) in [6.45, 7) is 2.94. The highest BCUT2D eigenvalue weighted by atomic mass is 16.4. The monoisotopic (exact) mass is 186 g/mol. The van der Waals surface area contributed by atoms with E-state index in [1.807, 2.05) is 6.92 Å². The molecule has 1 atom stereocenters. The van der Waals surface area contributed by atoms with Crippen molar-refractivity contribution in [2.45, 2.75) is 19.4 Å². The van der Waals surface area contributed by atoms with Gasteiger partial charge in [0.05, 0.1) is 12.5 Å². The number of likely N-dealkylation sites (N-methyl/N-ethyl adjacent to an activating group) is 2. The Morgan fingerprint density at radius 1 is 1.69 bits per heavy atom. The Bertz CT molecular complexity index is 229. The Labute approximate surface area is 76.9 Å². The summed E-state index contributed by atoms with van der Waals surface area (Å²) in [5.41, 5.74) is 0. The van der Waals surface area contributed by atoms with Crippen LogP contribution in [0.5, 0.6) is 0 Å². The first-order valence-corrected chi connectivity index (χ1v) is 4.29. The van der Waals surface area contributed by atoms with Gasteiger partial charge >= 0.3 is 12.0 Å². The van der Waals surface area contributed by atoms with Crippen LogP contribution in [0.4, 0.5) is 4.79 Å². The van der Waals surface area contributed by atoms with E-state index in [9.17, 15) is 9.59 Å². The lowest BCUT2D eigenvalue weighted by atomic mass is 10.2. The van der Waals surface area contributed by atoms with Crippen LogP contribution in [0.2, 0.25) is 0 Å². The number of carbonyl (C=O) groups excluding carboxylic acids is 1. The van der Waals surface area contributed by atoms with Gasteiger partial charge in [-0.15, -0.1) is 0 Å². The van der Waals surface area contributed by atoms with Crippen LogP contribution in [0, 0.1) is 0 Å². The Morgan fingerprint density at radius 3 is 2.77 bits per heavy atom. The van der Waals surface area contributed by atoms with Gasteiger partial charge in [-0.05, 0) is 6.92 Å². The van der Waals surface area contributed by atoms with Crippen molar-refractivity contribution in [3.63, 3.8) is 0 Å². The second kappa shape index (κ2) is 3.64. The molecule has 1 N–H and O–H groups in total. The maximum Gasteiger partial charge on any atom is 0.320 e. The fourth-order valence-corrected chi connectivity index (χ4v) is 1.64. The minimum absolute atomic E-state index is 0.0317. The van der Waals surface area contributed by atoms with E-state index in [1.165, 1.54) is 0 Å². The second-order valence-corrected chi connectivity index (χ2v) is 3.20. The largest absolute Gasteiger partial charge is 0.481 e. The molecule has 0 aromatic rings. The predicted octanol–water partition coefficient (Wildman–Crippen LogP) is 0.217. The molecule has 1 aliphatic rings. The minimum atomic E-state index is -0.855. The van der Waals surface area contributed by atoms with Crippen molar-refractivity contribution in [3.05, 3.63) is 0 Å². The van der Waals surface area contributed by atoms with Crippen molar-refractivity contribution in [1.82, 2.24) is 9.80 Å². The van der Waals surface area contributed by atoms with Gasteiger partial charge in [0.25, 0.3) is 0 Å². The fourth-order valence-electron chi connectivity index (χ4n) is 1.64. The van der Waals surface area contributed by atoms with Gasteiger partial charge in [0.15, 0.2) is 0 Å². The Kier molecular flexibility index (Phi) is 2.75. The van der Waals surface area contributed by atoms with Crippen molar-refractivity contribution >= 4 is 12.0 Å². The van der Waals surface area contributed by atoms with Crippen molar-refractivity contribution < 1.29 is 14.7 Å². The molecule has 1 rings (SSSR count). The molecule has 0 aromatic carbocycles. The number of amides is 2. The molecule has 0 aliphatic carbocycles. The van der Waals surface area contributed by atoms with E-state index < -0.39 is 5.97 Å². The van der Waals surface area contributed by atoms with E-state index in [4.69, 9.17) is 5.11 Å². The smallest absolute Gasteiger partial charge is 0.320 e. The summed E-state index contributed by atoms with van der Waals surface area (Å²) in [5.74, 6) is -0.855. The zero-order chi connectivity index (χ0) is 10.0. The van der Waals surface area contributed by atoms with Crippen LogP contribution in [-0.4, -0.2) is 53.1 Å². The standard InChI is InChI=1S/C8H14N2O3/c1-3-10-6(4-7(11)12)5-9(2)8(10)13/h6H,3-5H2,1-2H3,(H,11,12). The summed E-state index contributed by atoms with van der Waals surface area (Å²) in [6.07, 6.45) is 0.0317. The molecule has 74 valence electrons. The molecule has 0 spiro atoms. The number of aliphatic carboxylic acids is 1. The topological polar surface area (TPSA) is 60.9 Å². The Hall–Kier alpha value is -1.26. The highest BCUT2D eigenvalue weighted by Gasteiger charge is 2.34. The van der Waals surface area contributed by atoms with E-state index in [1.54, 1.807) is 16.8 Å². The molecule has 13 heavy (non-hydrogen) atoms.